The van der Waals surface area contributed by atoms with Crippen molar-refractivity contribution in [1.82, 2.24) is 5.32 Å². The summed E-state index contributed by atoms with van der Waals surface area (Å²) in [6.45, 7) is 1.79. The molecule has 17 unspecified atom stereocenters. The minimum Gasteiger partial charge on any atom is -0.394 e. The Bertz CT molecular complexity index is 2120. The maximum atomic E-state index is 13.5. The molecule has 19 heteroatoms. The summed E-state index contributed by atoms with van der Waals surface area (Å²) in [5, 5.41) is 121. The van der Waals surface area contributed by atoms with Crippen LogP contribution in [0.2, 0.25) is 0 Å². The van der Waals surface area contributed by atoms with Crippen molar-refractivity contribution in [3.8, 4) is 0 Å². The van der Waals surface area contributed by atoms with E-state index >= 15 is 0 Å². The Morgan fingerprint density at radius 1 is 0.318 bits per heavy atom. The summed E-state index contributed by atoms with van der Waals surface area (Å²) in [5.41, 5.74) is 0. The van der Waals surface area contributed by atoms with Gasteiger partial charge in [0.15, 0.2) is 18.9 Å². The van der Waals surface area contributed by atoms with Gasteiger partial charge in [-0.05, 0) is 44.9 Å². The molecule has 0 saturated carbocycles. The minimum atomic E-state index is -1.98. The van der Waals surface area contributed by atoms with Gasteiger partial charge >= 0.3 is 0 Å². The van der Waals surface area contributed by atoms with Crippen molar-refractivity contribution < 1.29 is 89.4 Å². The van der Waals surface area contributed by atoms with Crippen molar-refractivity contribution in [1.29, 1.82) is 0 Å². The predicted molar refractivity (Wildman–Crippen MR) is 443 cm³/mol. The number of allylic oxidation sites excluding steroid dienone is 5. The molecule has 1 amide bonds. The molecular weight excluding hydrogens is 1390 g/mol. The summed E-state index contributed by atoms with van der Waals surface area (Å²) in [4.78, 5) is 13.5. The molecule has 3 aliphatic rings. The first-order valence-electron chi connectivity index (χ1n) is 46.2. The largest absolute Gasteiger partial charge is 0.394 e. The number of hydrogen-bond acceptors (Lipinski definition) is 18. The third-order valence-electron chi connectivity index (χ3n) is 23.2. The molecule has 3 aliphatic heterocycles. The zero-order valence-corrected chi connectivity index (χ0v) is 70.0. The Morgan fingerprint density at radius 2 is 0.582 bits per heavy atom. The number of aliphatic hydroxyl groups is 11. The van der Waals surface area contributed by atoms with E-state index in [2.05, 4.69) is 43.5 Å². The predicted octanol–water partition coefficient (Wildman–Crippen LogP) is 17.8. The molecule has 12 N–H and O–H groups in total. The van der Waals surface area contributed by atoms with Gasteiger partial charge in [0.25, 0.3) is 0 Å². The van der Waals surface area contributed by atoms with Crippen molar-refractivity contribution in [2.75, 3.05) is 26.4 Å². The smallest absolute Gasteiger partial charge is 0.220 e. The molecule has 3 heterocycles. The summed E-state index contributed by atoms with van der Waals surface area (Å²) in [7, 11) is 0. The van der Waals surface area contributed by atoms with E-state index in [0.717, 1.165) is 44.9 Å². The molecule has 0 aliphatic carbocycles. The fourth-order valence-corrected chi connectivity index (χ4v) is 15.8. The Hall–Kier alpha value is -1.99. The molecule has 0 aromatic rings. The molecule has 0 aromatic heterocycles. The summed E-state index contributed by atoms with van der Waals surface area (Å²) in [6, 6.07) is -0.997. The van der Waals surface area contributed by atoms with Gasteiger partial charge in [0, 0.05) is 6.42 Å². The first-order valence-corrected chi connectivity index (χ1v) is 46.2. The summed E-state index contributed by atoms with van der Waals surface area (Å²) < 4.78 is 34.5. The van der Waals surface area contributed by atoms with Crippen LogP contribution < -0.4 is 5.32 Å². The molecule has 0 radical (unpaired) electrons. The molecule has 3 rings (SSSR count). The van der Waals surface area contributed by atoms with Crippen LogP contribution in [0, 0.1) is 0 Å². The van der Waals surface area contributed by atoms with Crippen molar-refractivity contribution in [3.05, 3.63) is 36.5 Å². The van der Waals surface area contributed by atoms with Crippen LogP contribution in [-0.2, 0) is 33.2 Å². The normalized spacial score (nSPS) is 25.3. The Morgan fingerprint density at radius 3 is 0.909 bits per heavy atom. The highest BCUT2D eigenvalue weighted by atomic mass is 16.8. The van der Waals surface area contributed by atoms with E-state index in [1.807, 2.05) is 6.08 Å². The molecule has 3 fully saturated rings. The quantitative estimate of drug-likeness (QED) is 0.0199. The maximum Gasteiger partial charge on any atom is 0.220 e. The minimum absolute atomic E-state index is 0.237. The van der Waals surface area contributed by atoms with E-state index in [1.54, 1.807) is 6.08 Å². The number of amides is 1. The van der Waals surface area contributed by atoms with Crippen molar-refractivity contribution in [2.24, 2.45) is 0 Å². The molecule has 110 heavy (non-hydrogen) atoms. The summed E-state index contributed by atoms with van der Waals surface area (Å²) in [5.74, 6) is -0.281. The SMILES string of the molecule is CCCCCCCCCCCCCCCCCCCCCCCCC/C=C/CC/C=C/CC/C=C/C(O)C(COC1OC(CO)C(OC2OC(CO)C(OC3OC(CO)C(O)C(O)C3O)C(O)C2O)C(O)C1O)NC(=O)CCCCCCCCCCCCCCCCCCCCCCCCCCCCCCCCCC. The average molecular weight is 1570 g/mol. The number of nitrogens with one attached hydrogen (secondary N) is 1. The van der Waals surface area contributed by atoms with Crippen LogP contribution in [0.1, 0.15) is 406 Å². The summed E-state index contributed by atoms with van der Waals surface area (Å²) >= 11 is 0. The summed E-state index contributed by atoms with van der Waals surface area (Å²) in [6.07, 6.45) is 64.6. The van der Waals surface area contributed by atoms with Gasteiger partial charge in [-0.3, -0.25) is 4.79 Å². The van der Waals surface area contributed by atoms with Crippen molar-refractivity contribution in [3.63, 3.8) is 0 Å². The number of rotatable bonds is 76. The van der Waals surface area contributed by atoms with Crippen LogP contribution in [0.4, 0.5) is 0 Å². The van der Waals surface area contributed by atoms with E-state index in [4.69, 9.17) is 28.4 Å². The van der Waals surface area contributed by atoms with Crippen LogP contribution in [0.25, 0.3) is 0 Å². The van der Waals surface area contributed by atoms with Crippen LogP contribution in [0.3, 0.4) is 0 Å². The van der Waals surface area contributed by atoms with E-state index in [0.29, 0.717) is 12.8 Å². The van der Waals surface area contributed by atoms with Gasteiger partial charge in [-0.1, -0.05) is 391 Å². The van der Waals surface area contributed by atoms with Crippen LogP contribution in [0.15, 0.2) is 36.5 Å². The third kappa shape index (κ3) is 49.3. The van der Waals surface area contributed by atoms with Crippen LogP contribution in [-0.4, -0.2) is 193 Å². The average Bonchev–Trinajstić information content (AvgIpc) is 0.780. The number of carbonyl (C=O) groups excluding carboxylic acids is 1. The molecule has 0 bridgehead atoms. The van der Waals surface area contributed by atoms with Gasteiger partial charge in [0.05, 0.1) is 38.6 Å². The molecule has 648 valence electrons. The first kappa shape index (κ1) is 102. The number of aliphatic hydroxyl groups excluding tert-OH is 11. The zero-order valence-electron chi connectivity index (χ0n) is 70.0. The first-order chi connectivity index (χ1) is 53.8. The molecular formula is C91H171NO18. The Balaban J connectivity index is 1.34. The number of unbranched alkanes of at least 4 members (excludes halogenated alkanes) is 56. The number of hydrogen-bond donors (Lipinski definition) is 12. The molecule has 0 spiro atoms. The van der Waals surface area contributed by atoms with Gasteiger partial charge in [-0.2, -0.15) is 0 Å². The fourth-order valence-electron chi connectivity index (χ4n) is 15.8. The molecule has 17 atom stereocenters. The van der Waals surface area contributed by atoms with E-state index in [9.17, 15) is 61.0 Å². The van der Waals surface area contributed by atoms with Crippen LogP contribution >= 0.6 is 0 Å². The highest BCUT2D eigenvalue weighted by molar-refractivity contribution is 5.76. The zero-order chi connectivity index (χ0) is 79.5. The van der Waals surface area contributed by atoms with Gasteiger partial charge in [-0.15, -0.1) is 0 Å². The monoisotopic (exact) mass is 1570 g/mol. The number of carbonyl (C=O) groups is 1. The van der Waals surface area contributed by atoms with E-state index in [-0.39, 0.29) is 18.9 Å². The lowest BCUT2D eigenvalue weighted by Crippen LogP contribution is -2.66. The van der Waals surface area contributed by atoms with Gasteiger partial charge < -0.3 is 89.9 Å². The molecule has 19 nitrogen and oxygen atoms in total. The van der Waals surface area contributed by atoms with E-state index in [1.165, 1.54) is 327 Å². The topological polar surface area (TPSA) is 307 Å². The highest BCUT2D eigenvalue weighted by Gasteiger charge is 2.54. The fraction of sp³-hybridized carbons (Fsp3) is 0.923. The maximum absolute atomic E-state index is 13.5. The lowest BCUT2D eigenvalue weighted by molar-refractivity contribution is -0.379. The van der Waals surface area contributed by atoms with Gasteiger partial charge in [-0.25, -0.2) is 0 Å². The standard InChI is InChI=1S/C91H171NO18/c1-3-5-7-9-11-13-15-17-19-21-23-25-27-29-31-33-35-37-38-40-42-44-46-48-50-52-54-56-58-60-62-64-66-68-75(96)74(92-79(97)69-67-65-63-61-59-57-55-53-51-49-47-45-43-41-39-36-34-32-30-28-26-24-22-20-18-16-14-12-10-8-6-4-2)73-105-89-85(103)82(100)87(77(71-94)107-89)110-91-86(104)83(101)88(78(72-95)108-91)109-90-84(102)81(99)80(98)76(70-93)106-90/h50,52,58,60,66,68,74-78,80-91,93-96,98-104H,3-49,51,53-57,59,61-65,67,69-73H2,1-2H3,(H,92,97)/b52-50+,60-58+,68-66+. The Labute approximate surface area is 670 Å². The second kappa shape index (κ2) is 71.1. The third-order valence-corrected chi connectivity index (χ3v) is 23.2. The van der Waals surface area contributed by atoms with Gasteiger partial charge in [0.2, 0.25) is 5.91 Å². The van der Waals surface area contributed by atoms with Crippen LogP contribution in [0.5, 0.6) is 0 Å². The second-order valence-electron chi connectivity index (χ2n) is 33.1. The van der Waals surface area contributed by atoms with Gasteiger partial charge in [0.1, 0.15) is 73.2 Å². The second-order valence-corrected chi connectivity index (χ2v) is 33.1. The lowest BCUT2D eigenvalue weighted by atomic mass is 9.96. The van der Waals surface area contributed by atoms with Crippen molar-refractivity contribution in [2.45, 2.75) is 510 Å². The molecule has 3 saturated heterocycles. The lowest BCUT2D eigenvalue weighted by Gasteiger charge is -2.48. The van der Waals surface area contributed by atoms with Crippen molar-refractivity contribution >= 4 is 5.91 Å². The highest BCUT2D eigenvalue weighted by Crippen LogP contribution is 2.34. The Kier molecular flexibility index (Phi) is 66.1. The van der Waals surface area contributed by atoms with E-state index < -0.39 is 124 Å². The number of ether oxygens (including phenoxy) is 6. The molecule has 0 aromatic carbocycles.